The van der Waals surface area contributed by atoms with Gasteiger partial charge in [-0.15, -0.1) is 0 Å². The van der Waals surface area contributed by atoms with Gasteiger partial charge in [0.1, 0.15) is 11.6 Å². The topological polar surface area (TPSA) is 75.4 Å². The molecule has 2 aromatic rings. The van der Waals surface area contributed by atoms with E-state index in [4.69, 9.17) is 9.52 Å². The lowest BCUT2D eigenvalue weighted by atomic mass is 10.1. The Hall–Kier alpha value is -1.88. The number of amides is 1. The first-order chi connectivity index (χ1) is 8.56. The second-order valence-corrected chi connectivity index (χ2v) is 4.25. The molecule has 1 aromatic carbocycles. The normalized spacial score (nSPS) is 12.6. The van der Waals surface area contributed by atoms with E-state index >= 15 is 0 Å². The van der Waals surface area contributed by atoms with E-state index in [-0.39, 0.29) is 5.91 Å². The Kier molecular flexibility index (Phi) is 3.62. The Morgan fingerprint density at radius 3 is 3.06 bits per heavy atom. The monoisotopic (exact) mass is 248 g/mol. The molecule has 5 heteroatoms. The van der Waals surface area contributed by atoms with Crippen molar-refractivity contribution in [3.8, 4) is 0 Å². The standard InChI is InChI=1S/C13H16N2O3/c1-8(16)13(17)14-6-5-10-3-4-12-11(7-10)15-9(2)18-12/h3-4,7-8,16H,5-6H2,1-2H3,(H,14,17). The van der Waals surface area contributed by atoms with Crippen LogP contribution in [0.4, 0.5) is 0 Å². The fourth-order valence-electron chi connectivity index (χ4n) is 1.72. The molecule has 0 saturated heterocycles. The van der Waals surface area contributed by atoms with E-state index in [1.165, 1.54) is 6.92 Å². The molecule has 0 radical (unpaired) electrons. The number of nitrogens with one attached hydrogen (secondary N) is 1. The van der Waals surface area contributed by atoms with Crippen molar-refractivity contribution in [3.63, 3.8) is 0 Å². The van der Waals surface area contributed by atoms with E-state index < -0.39 is 6.10 Å². The van der Waals surface area contributed by atoms with Crippen LogP contribution in [0, 0.1) is 6.92 Å². The van der Waals surface area contributed by atoms with Crippen LogP contribution < -0.4 is 5.32 Å². The fourth-order valence-corrected chi connectivity index (χ4v) is 1.72. The fraction of sp³-hybridized carbons (Fsp3) is 0.385. The number of aromatic nitrogens is 1. The molecule has 1 amide bonds. The van der Waals surface area contributed by atoms with Crippen LogP contribution in [-0.2, 0) is 11.2 Å². The maximum Gasteiger partial charge on any atom is 0.248 e. The smallest absolute Gasteiger partial charge is 0.248 e. The number of carbonyl (C=O) groups excluding carboxylic acids is 1. The van der Waals surface area contributed by atoms with Crippen molar-refractivity contribution >= 4 is 17.0 Å². The number of aliphatic hydroxyl groups excluding tert-OH is 1. The summed E-state index contributed by atoms with van der Waals surface area (Å²) in [6.45, 7) is 3.74. The molecule has 1 atom stereocenters. The lowest BCUT2D eigenvalue weighted by Crippen LogP contribution is -2.33. The van der Waals surface area contributed by atoms with Crippen molar-refractivity contribution in [1.29, 1.82) is 0 Å². The molecule has 2 N–H and O–H groups in total. The zero-order chi connectivity index (χ0) is 13.1. The van der Waals surface area contributed by atoms with E-state index in [0.29, 0.717) is 18.9 Å². The SMILES string of the molecule is Cc1nc2cc(CCNC(=O)C(C)O)ccc2o1. The highest BCUT2D eigenvalue weighted by atomic mass is 16.3. The third-order valence-corrected chi connectivity index (χ3v) is 2.65. The molecular weight excluding hydrogens is 232 g/mol. The van der Waals surface area contributed by atoms with Crippen molar-refractivity contribution in [2.24, 2.45) is 0 Å². The first-order valence-electron chi connectivity index (χ1n) is 5.88. The van der Waals surface area contributed by atoms with Gasteiger partial charge in [-0.05, 0) is 31.0 Å². The number of carbonyl (C=O) groups is 1. The molecule has 1 heterocycles. The van der Waals surface area contributed by atoms with Gasteiger partial charge in [-0.3, -0.25) is 4.79 Å². The van der Waals surface area contributed by atoms with E-state index in [1.807, 2.05) is 25.1 Å². The molecule has 96 valence electrons. The number of benzene rings is 1. The molecule has 0 spiro atoms. The summed E-state index contributed by atoms with van der Waals surface area (Å²) in [7, 11) is 0. The van der Waals surface area contributed by atoms with E-state index in [1.54, 1.807) is 0 Å². The largest absolute Gasteiger partial charge is 0.441 e. The molecule has 0 aliphatic heterocycles. The number of hydrogen-bond donors (Lipinski definition) is 2. The maximum absolute atomic E-state index is 11.2. The number of hydrogen-bond acceptors (Lipinski definition) is 4. The van der Waals surface area contributed by atoms with E-state index in [0.717, 1.165) is 16.7 Å². The van der Waals surface area contributed by atoms with Gasteiger partial charge in [0, 0.05) is 13.5 Å². The van der Waals surface area contributed by atoms with Crippen LogP contribution in [0.25, 0.3) is 11.1 Å². The lowest BCUT2D eigenvalue weighted by molar-refractivity contribution is -0.128. The van der Waals surface area contributed by atoms with Crippen molar-refractivity contribution in [2.75, 3.05) is 6.54 Å². The van der Waals surface area contributed by atoms with Gasteiger partial charge in [0.15, 0.2) is 11.5 Å². The minimum Gasteiger partial charge on any atom is -0.441 e. The summed E-state index contributed by atoms with van der Waals surface area (Å²) in [6, 6.07) is 5.77. The Labute approximate surface area is 105 Å². The quantitative estimate of drug-likeness (QED) is 0.851. The number of aryl methyl sites for hydroxylation is 1. The Morgan fingerprint density at radius 1 is 1.56 bits per heavy atom. The summed E-state index contributed by atoms with van der Waals surface area (Å²) in [5.41, 5.74) is 2.66. The van der Waals surface area contributed by atoms with Crippen molar-refractivity contribution < 1.29 is 14.3 Å². The molecular formula is C13H16N2O3. The Bertz CT molecular complexity index is 560. The number of nitrogens with zero attached hydrogens (tertiary/aromatic N) is 1. The third kappa shape index (κ3) is 2.87. The number of aliphatic hydroxyl groups is 1. The van der Waals surface area contributed by atoms with Crippen molar-refractivity contribution in [1.82, 2.24) is 10.3 Å². The highest BCUT2D eigenvalue weighted by Crippen LogP contribution is 2.16. The number of rotatable bonds is 4. The molecule has 0 aliphatic carbocycles. The number of fused-ring (bicyclic) bond motifs is 1. The van der Waals surface area contributed by atoms with Crippen LogP contribution in [0.5, 0.6) is 0 Å². The molecule has 0 fully saturated rings. The lowest BCUT2D eigenvalue weighted by Gasteiger charge is -2.06. The summed E-state index contributed by atoms with van der Waals surface area (Å²) >= 11 is 0. The maximum atomic E-state index is 11.2. The Morgan fingerprint density at radius 2 is 2.33 bits per heavy atom. The second-order valence-electron chi connectivity index (χ2n) is 4.25. The summed E-state index contributed by atoms with van der Waals surface area (Å²) in [6.07, 6.45) is -0.272. The molecule has 2 rings (SSSR count). The van der Waals surface area contributed by atoms with Gasteiger partial charge in [-0.1, -0.05) is 6.07 Å². The molecule has 1 aromatic heterocycles. The van der Waals surface area contributed by atoms with Gasteiger partial charge in [0.05, 0.1) is 0 Å². The van der Waals surface area contributed by atoms with Crippen molar-refractivity contribution in [3.05, 3.63) is 29.7 Å². The van der Waals surface area contributed by atoms with E-state index in [9.17, 15) is 4.79 Å². The minimum absolute atomic E-state index is 0.353. The molecule has 18 heavy (non-hydrogen) atoms. The first kappa shape index (κ1) is 12.6. The van der Waals surface area contributed by atoms with Crippen LogP contribution in [0.2, 0.25) is 0 Å². The first-order valence-corrected chi connectivity index (χ1v) is 5.88. The van der Waals surface area contributed by atoms with Crippen molar-refractivity contribution in [2.45, 2.75) is 26.4 Å². The molecule has 0 bridgehead atoms. The summed E-state index contributed by atoms with van der Waals surface area (Å²) in [5, 5.41) is 11.7. The van der Waals surface area contributed by atoms with Crippen LogP contribution in [0.3, 0.4) is 0 Å². The van der Waals surface area contributed by atoms with Crippen LogP contribution in [-0.4, -0.2) is 28.6 Å². The van der Waals surface area contributed by atoms with Gasteiger partial charge >= 0.3 is 0 Å². The van der Waals surface area contributed by atoms with Gasteiger partial charge in [0.25, 0.3) is 0 Å². The van der Waals surface area contributed by atoms with Gasteiger partial charge in [-0.25, -0.2) is 4.98 Å². The van der Waals surface area contributed by atoms with Gasteiger partial charge < -0.3 is 14.8 Å². The molecule has 0 aliphatic rings. The van der Waals surface area contributed by atoms with Gasteiger partial charge in [0.2, 0.25) is 5.91 Å². The predicted molar refractivity (Wildman–Crippen MR) is 67.1 cm³/mol. The Balaban J connectivity index is 1.97. The van der Waals surface area contributed by atoms with Gasteiger partial charge in [-0.2, -0.15) is 0 Å². The van der Waals surface area contributed by atoms with Crippen LogP contribution >= 0.6 is 0 Å². The minimum atomic E-state index is -0.967. The number of oxazole rings is 1. The second kappa shape index (κ2) is 5.18. The highest BCUT2D eigenvalue weighted by molar-refractivity contribution is 5.80. The summed E-state index contributed by atoms with van der Waals surface area (Å²) in [4.78, 5) is 15.4. The molecule has 5 nitrogen and oxygen atoms in total. The summed E-state index contributed by atoms with van der Waals surface area (Å²) < 4.78 is 5.38. The third-order valence-electron chi connectivity index (χ3n) is 2.65. The average molecular weight is 248 g/mol. The summed E-state index contributed by atoms with van der Waals surface area (Å²) in [5.74, 6) is 0.290. The molecule has 1 unspecified atom stereocenters. The average Bonchev–Trinajstić information content (AvgIpc) is 2.68. The van der Waals surface area contributed by atoms with Crippen LogP contribution in [0.15, 0.2) is 22.6 Å². The van der Waals surface area contributed by atoms with Crippen LogP contribution in [0.1, 0.15) is 18.4 Å². The zero-order valence-corrected chi connectivity index (χ0v) is 10.4. The highest BCUT2D eigenvalue weighted by Gasteiger charge is 2.07. The molecule has 0 saturated carbocycles. The predicted octanol–water partition coefficient (Wildman–Crippen LogP) is 1.18. The van der Waals surface area contributed by atoms with E-state index in [2.05, 4.69) is 10.3 Å². The zero-order valence-electron chi connectivity index (χ0n) is 10.4.